The molecule has 8 nitrogen and oxygen atoms in total. The summed E-state index contributed by atoms with van der Waals surface area (Å²) in [6.45, 7) is 1.76. The summed E-state index contributed by atoms with van der Waals surface area (Å²) in [5.41, 5.74) is 0.840. The van der Waals surface area contributed by atoms with Crippen LogP contribution in [0, 0.1) is 0 Å². The van der Waals surface area contributed by atoms with Gasteiger partial charge in [-0.15, -0.1) is 0 Å². The molecule has 0 fully saturated rings. The first-order valence-corrected chi connectivity index (χ1v) is 10.7. The molecule has 1 amide bonds. The summed E-state index contributed by atoms with van der Waals surface area (Å²) in [6, 6.07) is 11.6. The van der Waals surface area contributed by atoms with E-state index in [0.29, 0.717) is 33.3 Å². The highest BCUT2D eigenvalue weighted by Gasteiger charge is 2.34. The van der Waals surface area contributed by atoms with Crippen molar-refractivity contribution in [3.05, 3.63) is 69.8 Å². The van der Waals surface area contributed by atoms with E-state index in [2.05, 4.69) is 4.99 Å². The average molecular weight is 470 g/mol. The smallest absolute Gasteiger partial charge is 0.344 e. The minimum absolute atomic E-state index is 0.0542. The predicted molar refractivity (Wildman–Crippen MR) is 126 cm³/mol. The first-order chi connectivity index (χ1) is 15.9. The predicted octanol–water partition coefficient (Wildman–Crippen LogP) is 4.41. The van der Waals surface area contributed by atoms with Crippen LogP contribution >= 0.6 is 11.8 Å². The van der Waals surface area contributed by atoms with Crippen molar-refractivity contribution < 1.29 is 33.6 Å². The lowest BCUT2D eigenvalue weighted by molar-refractivity contribution is -0.138. The summed E-state index contributed by atoms with van der Waals surface area (Å²) in [6.07, 6.45) is 1.65. The Kier molecular flexibility index (Phi) is 7.78. The van der Waals surface area contributed by atoms with Gasteiger partial charge in [-0.25, -0.2) is 9.79 Å². The number of nitrogens with zero attached hydrogens (tertiary/aromatic N) is 1. The highest BCUT2D eigenvalue weighted by molar-refractivity contribution is 8.18. The first-order valence-electron chi connectivity index (χ1n) is 9.91. The Morgan fingerprint density at radius 1 is 1.00 bits per heavy atom. The Labute approximate surface area is 195 Å². The number of rotatable bonds is 7. The van der Waals surface area contributed by atoms with Gasteiger partial charge < -0.3 is 24.1 Å². The Morgan fingerprint density at radius 3 is 2.30 bits per heavy atom. The SMILES string of the molecule is CCOC(=O)C1=C(O)C(=Cc2ccc(OC)c(OC)c2)SC1=NC(=O)c1ccc(OC)cc1. The van der Waals surface area contributed by atoms with Crippen LogP contribution in [-0.2, 0) is 9.53 Å². The number of ether oxygens (including phenoxy) is 4. The van der Waals surface area contributed by atoms with Gasteiger partial charge in [0.15, 0.2) is 11.5 Å². The van der Waals surface area contributed by atoms with E-state index in [-0.39, 0.29) is 23.0 Å². The van der Waals surface area contributed by atoms with E-state index < -0.39 is 11.9 Å². The molecule has 0 unspecified atom stereocenters. The minimum atomic E-state index is -0.764. The van der Waals surface area contributed by atoms with E-state index in [4.69, 9.17) is 18.9 Å². The highest BCUT2D eigenvalue weighted by atomic mass is 32.2. The quantitative estimate of drug-likeness (QED) is 0.595. The number of hydrogen-bond acceptors (Lipinski definition) is 8. The molecule has 0 saturated carbocycles. The maximum absolute atomic E-state index is 12.7. The van der Waals surface area contributed by atoms with Crippen LogP contribution in [0.15, 0.2) is 63.7 Å². The summed E-state index contributed by atoms with van der Waals surface area (Å²) in [7, 11) is 4.58. The van der Waals surface area contributed by atoms with Gasteiger partial charge in [0, 0.05) is 5.56 Å². The van der Waals surface area contributed by atoms with Gasteiger partial charge in [-0.3, -0.25) is 4.79 Å². The number of benzene rings is 2. The summed E-state index contributed by atoms with van der Waals surface area (Å²) in [4.78, 5) is 29.7. The molecule has 1 heterocycles. The summed E-state index contributed by atoms with van der Waals surface area (Å²) < 4.78 is 20.7. The van der Waals surface area contributed by atoms with Crippen molar-refractivity contribution in [2.75, 3.05) is 27.9 Å². The van der Waals surface area contributed by atoms with Gasteiger partial charge in [-0.05, 0) is 55.0 Å². The summed E-state index contributed by atoms with van der Waals surface area (Å²) in [5, 5.41) is 10.8. The van der Waals surface area contributed by atoms with E-state index in [1.807, 2.05) is 0 Å². The lowest BCUT2D eigenvalue weighted by atomic mass is 10.1. The molecule has 3 rings (SSSR count). The highest BCUT2D eigenvalue weighted by Crippen LogP contribution is 2.40. The fourth-order valence-corrected chi connectivity index (χ4v) is 3.99. The molecular formula is C24H23NO7S. The molecule has 9 heteroatoms. The topological polar surface area (TPSA) is 104 Å². The van der Waals surface area contributed by atoms with Crippen molar-refractivity contribution in [1.29, 1.82) is 0 Å². The lowest BCUT2D eigenvalue weighted by Gasteiger charge is -2.08. The number of amides is 1. The van der Waals surface area contributed by atoms with Gasteiger partial charge in [0.1, 0.15) is 22.1 Å². The molecule has 0 aliphatic carbocycles. The van der Waals surface area contributed by atoms with Crippen LogP contribution in [0.1, 0.15) is 22.8 Å². The molecular weight excluding hydrogens is 446 g/mol. The number of carbonyl (C=O) groups is 2. The molecule has 2 aromatic carbocycles. The number of carbonyl (C=O) groups excluding carboxylic acids is 2. The zero-order chi connectivity index (χ0) is 24.0. The van der Waals surface area contributed by atoms with E-state index in [0.717, 1.165) is 11.8 Å². The fraction of sp³-hybridized carbons (Fsp3) is 0.208. The van der Waals surface area contributed by atoms with Crippen molar-refractivity contribution in [3.63, 3.8) is 0 Å². The van der Waals surface area contributed by atoms with Gasteiger partial charge in [0.2, 0.25) is 0 Å². The second-order valence-corrected chi connectivity index (χ2v) is 7.65. The number of aliphatic hydroxyl groups excluding tert-OH is 1. The van der Waals surface area contributed by atoms with Crippen LogP contribution in [0.3, 0.4) is 0 Å². The van der Waals surface area contributed by atoms with E-state index in [1.54, 1.807) is 55.5 Å². The summed E-state index contributed by atoms with van der Waals surface area (Å²) in [5.74, 6) is 0.0148. The fourth-order valence-electron chi connectivity index (χ4n) is 2.98. The van der Waals surface area contributed by atoms with Crippen molar-refractivity contribution in [3.8, 4) is 17.2 Å². The Hall–Kier alpha value is -3.72. The zero-order valence-corrected chi connectivity index (χ0v) is 19.4. The van der Waals surface area contributed by atoms with Crippen LogP contribution < -0.4 is 14.2 Å². The molecule has 33 heavy (non-hydrogen) atoms. The van der Waals surface area contributed by atoms with Crippen molar-refractivity contribution in [1.82, 2.24) is 0 Å². The normalized spacial score (nSPS) is 15.6. The lowest BCUT2D eigenvalue weighted by Crippen LogP contribution is -2.14. The second kappa shape index (κ2) is 10.7. The van der Waals surface area contributed by atoms with Crippen LogP contribution in [0.4, 0.5) is 0 Å². The molecule has 0 spiro atoms. The molecule has 0 saturated heterocycles. The largest absolute Gasteiger partial charge is 0.506 e. The third-order valence-electron chi connectivity index (χ3n) is 4.62. The molecule has 1 aliphatic heterocycles. The maximum atomic E-state index is 12.7. The van der Waals surface area contributed by atoms with Crippen LogP contribution in [0.2, 0.25) is 0 Å². The van der Waals surface area contributed by atoms with Gasteiger partial charge >= 0.3 is 5.97 Å². The molecule has 0 aromatic heterocycles. The van der Waals surface area contributed by atoms with E-state index >= 15 is 0 Å². The third kappa shape index (κ3) is 5.38. The Morgan fingerprint density at radius 2 is 1.70 bits per heavy atom. The van der Waals surface area contributed by atoms with Gasteiger partial charge in [-0.1, -0.05) is 17.8 Å². The van der Waals surface area contributed by atoms with Crippen molar-refractivity contribution in [2.45, 2.75) is 6.92 Å². The van der Waals surface area contributed by atoms with Crippen molar-refractivity contribution in [2.24, 2.45) is 4.99 Å². The molecule has 2 aromatic rings. The Balaban J connectivity index is 1.99. The van der Waals surface area contributed by atoms with Crippen LogP contribution in [0.25, 0.3) is 6.08 Å². The number of thioether (sulfide) groups is 1. The molecule has 0 radical (unpaired) electrons. The van der Waals surface area contributed by atoms with Gasteiger partial charge in [-0.2, -0.15) is 0 Å². The van der Waals surface area contributed by atoms with E-state index in [1.165, 1.54) is 21.3 Å². The minimum Gasteiger partial charge on any atom is -0.506 e. The summed E-state index contributed by atoms with van der Waals surface area (Å²) >= 11 is 0.999. The van der Waals surface area contributed by atoms with Gasteiger partial charge in [0.25, 0.3) is 5.91 Å². The second-order valence-electron chi connectivity index (χ2n) is 6.62. The standard InChI is InChI=1S/C24H23NO7S/c1-5-32-24(28)20-21(26)19(13-14-6-11-17(30-3)18(12-14)31-4)33-23(20)25-22(27)15-7-9-16(29-2)10-8-15/h6-13,26H,5H2,1-4H3. The van der Waals surface area contributed by atoms with E-state index in [9.17, 15) is 14.7 Å². The Bertz CT molecular complexity index is 1150. The molecule has 1 aliphatic rings. The average Bonchev–Trinajstić information content (AvgIpc) is 3.13. The van der Waals surface area contributed by atoms with Crippen LogP contribution in [0.5, 0.6) is 17.2 Å². The number of aliphatic imine (C=N–C) groups is 1. The zero-order valence-electron chi connectivity index (χ0n) is 18.6. The molecule has 172 valence electrons. The van der Waals surface area contributed by atoms with Gasteiger partial charge in [0.05, 0.1) is 32.8 Å². The molecule has 1 N–H and O–H groups in total. The van der Waals surface area contributed by atoms with Crippen LogP contribution in [-0.4, -0.2) is 50.0 Å². The maximum Gasteiger partial charge on any atom is 0.344 e. The number of hydrogen-bond donors (Lipinski definition) is 1. The number of aliphatic hydroxyl groups is 1. The van der Waals surface area contributed by atoms with Crippen molar-refractivity contribution >= 4 is 34.8 Å². The molecule has 0 atom stereocenters. The molecule has 0 bridgehead atoms. The third-order valence-corrected chi connectivity index (χ3v) is 5.64. The monoisotopic (exact) mass is 469 g/mol. The number of esters is 1. The number of methoxy groups -OCH3 is 3. The first kappa shape index (κ1) is 23.9.